The zero-order chi connectivity index (χ0) is 25.5. The van der Waals surface area contributed by atoms with Gasteiger partial charge in [0.05, 0.1) is 12.3 Å². The Bertz CT molecular complexity index is 1290. The molecule has 1 saturated heterocycles. The smallest absolute Gasteiger partial charge is 0.222 e. The van der Waals surface area contributed by atoms with Gasteiger partial charge in [-0.15, -0.1) is 0 Å². The van der Waals surface area contributed by atoms with Crippen LogP contribution < -0.4 is 20.7 Å². The number of benzene rings is 2. The van der Waals surface area contributed by atoms with E-state index in [1.54, 1.807) is 13.3 Å². The highest BCUT2D eigenvalue weighted by molar-refractivity contribution is 5.67. The number of hydrogen-bond acceptors (Lipinski definition) is 9. The summed E-state index contributed by atoms with van der Waals surface area (Å²) in [4.78, 5) is 17.9. The summed E-state index contributed by atoms with van der Waals surface area (Å²) >= 11 is 0. The van der Waals surface area contributed by atoms with Gasteiger partial charge in [-0.3, -0.25) is 4.90 Å². The van der Waals surface area contributed by atoms with Crippen molar-refractivity contribution in [2.75, 3.05) is 62.4 Å². The first kappa shape index (κ1) is 24.5. The standard InChI is InChI=1S/C28H31N7O2/c1-36-18-17-34-13-15-35(16-14-34)27-19-24(11-12-30-27)37-23-9-7-22(8-10-23)31-26-20-25(32-28(29)33-26)21-5-3-2-4-6-21/h2-12,19-20H,13-18H2,1H3,(H3,29,31,32,33). The van der Waals surface area contributed by atoms with Crippen LogP contribution in [0.3, 0.4) is 0 Å². The number of hydrogen-bond donors (Lipinski definition) is 2. The molecule has 0 saturated carbocycles. The molecule has 9 nitrogen and oxygen atoms in total. The van der Waals surface area contributed by atoms with Crippen molar-refractivity contribution in [1.82, 2.24) is 19.9 Å². The maximum Gasteiger partial charge on any atom is 0.222 e. The highest BCUT2D eigenvalue weighted by atomic mass is 16.5. The molecule has 1 aliphatic rings. The Morgan fingerprint density at radius 3 is 2.43 bits per heavy atom. The lowest BCUT2D eigenvalue weighted by atomic mass is 10.1. The second-order valence-electron chi connectivity index (χ2n) is 8.79. The van der Waals surface area contributed by atoms with Crippen LogP contribution in [0.5, 0.6) is 11.5 Å². The van der Waals surface area contributed by atoms with E-state index >= 15 is 0 Å². The van der Waals surface area contributed by atoms with E-state index in [1.165, 1.54) is 0 Å². The van der Waals surface area contributed by atoms with E-state index in [1.807, 2.05) is 72.8 Å². The van der Waals surface area contributed by atoms with Crippen molar-refractivity contribution in [3.63, 3.8) is 0 Å². The van der Waals surface area contributed by atoms with Gasteiger partial charge in [0, 0.05) is 69.4 Å². The van der Waals surface area contributed by atoms with E-state index in [9.17, 15) is 0 Å². The summed E-state index contributed by atoms with van der Waals surface area (Å²) in [5.74, 6) is 3.26. The average Bonchev–Trinajstić information content (AvgIpc) is 2.94. The third-order valence-corrected chi connectivity index (χ3v) is 6.20. The molecule has 0 unspecified atom stereocenters. The molecule has 190 valence electrons. The van der Waals surface area contributed by atoms with Gasteiger partial charge < -0.3 is 25.4 Å². The summed E-state index contributed by atoms with van der Waals surface area (Å²) in [6.07, 6.45) is 1.79. The molecule has 0 amide bonds. The number of methoxy groups -OCH3 is 1. The zero-order valence-corrected chi connectivity index (χ0v) is 20.9. The normalized spacial score (nSPS) is 13.9. The Morgan fingerprint density at radius 1 is 0.892 bits per heavy atom. The SMILES string of the molecule is COCCN1CCN(c2cc(Oc3ccc(Nc4cc(-c5ccccc5)nc(N)n4)cc3)ccn2)CC1. The van der Waals surface area contributed by atoms with E-state index in [-0.39, 0.29) is 5.95 Å². The maximum absolute atomic E-state index is 6.12. The molecule has 1 fully saturated rings. The van der Waals surface area contributed by atoms with Crippen molar-refractivity contribution >= 4 is 23.3 Å². The maximum atomic E-state index is 6.12. The number of piperazine rings is 1. The average molecular weight is 498 g/mol. The van der Waals surface area contributed by atoms with Gasteiger partial charge in [0.1, 0.15) is 23.1 Å². The summed E-state index contributed by atoms with van der Waals surface area (Å²) in [7, 11) is 1.74. The largest absolute Gasteiger partial charge is 0.457 e. The molecule has 37 heavy (non-hydrogen) atoms. The van der Waals surface area contributed by atoms with Gasteiger partial charge in [-0.2, -0.15) is 4.98 Å². The minimum absolute atomic E-state index is 0.216. The summed E-state index contributed by atoms with van der Waals surface area (Å²) in [5, 5.41) is 3.30. The van der Waals surface area contributed by atoms with Crippen molar-refractivity contribution in [1.29, 1.82) is 0 Å². The Balaban J connectivity index is 1.21. The van der Waals surface area contributed by atoms with Crippen LogP contribution in [-0.4, -0.2) is 66.3 Å². The van der Waals surface area contributed by atoms with E-state index < -0.39 is 0 Å². The predicted octanol–water partition coefficient (Wildman–Crippen LogP) is 4.43. The first-order chi connectivity index (χ1) is 18.2. The van der Waals surface area contributed by atoms with E-state index in [0.29, 0.717) is 5.82 Å². The molecule has 3 N–H and O–H groups in total. The number of nitrogens with two attached hydrogens (primary N) is 1. The molecule has 3 heterocycles. The lowest BCUT2D eigenvalue weighted by Gasteiger charge is -2.35. The third-order valence-electron chi connectivity index (χ3n) is 6.20. The first-order valence-electron chi connectivity index (χ1n) is 12.3. The van der Waals surface area contributed by atoms with E-state index in [2.05, 4.69) is 30.1 Å². The molecule has 0 spiro atoms. The van der Waals surface area contributed by atoms with Gasteiger partial charge in [0.2, 0.25) is 5.95 Å². The van der Waals surface area contributed by atoms with Crippen LogP contribution in [0.15, 0.2) is 79.0 Å². The molecular formula is C28H31N7O2. The van der Waals surface area contributed by atoms with Crippen LogP contribution in [0.4, 0.5) is 23.3 Å². The number of nitrogens with zero attached hydrogens (tertiary/aromatic N) is 5. The Morgan fingerprint density at radius 2 is 1.68 bits per heavy atom. The summed E-state index contributed by atoms with van der Waals surface area (Å²) in [6, 6.07) is 23.3. The summed E-state index contributed by atoms with van der Waals surface area (Å²) < 4.78 is 11.3. The van der Waals surface area contributed by atoms with Gasteiger partial charge in [-0.05, 0) is 30.3 Å². The van der Waals surface area contributed by atoms with E-state index in [4.69, 9.17) is 15.2 Å². The fourth-order valence-electron chi connectivity index (χ4n) is 4.23. The molecule has 5 rings (SSSR count). The fraction of sp³-hybridized carbons (Fsp3) is 0.250. The molecule has 4 aromatic rings. The third kappa shape index (κ3) is 6.52. The zero-order valence-electron chi connectivity index (χ0n) is 20.9. The van der Waals surface area contributed by atoms with Crippen molar-refractivity contribution < 1.29 is 9.47 Å². The molecular weight excluding hydrogens is 466 g/mol. The highest BCUT2D eigenvalue weighted by Crippen LogP contribution is 2.28. The van der Waals surface area contributed by atoms with Gasteiger partial charge in [0.25, 0.3) is 0 Å². The molecule has 2 aromatic carbocycles. The van der Waals surface area contributed by atoms with Crippen LogP contribution in [0.25, 0.3) is 11.3 Å². The van der Waals surface area contributed by atoms with E-state index in [0.717, 1.165) is 73.6 Å². The van der Waals surface area contributed by atoms with Crippen LogP contribution >= 0.6 is 0 Å². The van der Waals surface area contributed by atoms with Crippen LogP contribution in [0.2, 0.25) is 0 Å². The van der Waals surface area contributed by atoms with Crippen molar-refractivity contribution in [2.45, 2.75) is 0 Å². The topological polar surface area (TPSA) is 102 Å². The second kappa shape index (κ2) is 11.7. The van der Waals surface area contributed by atoms with Crippen molar-refractivity contribution in [2.24, 2.45) is 0 Å². The molecule has 9 heteroatoms. The Labute approximate surface area is 216 Å². The van der Waals surface area contributed by atoms with Crippen LogP contribution in [-0.2, 0) is 4.74 Å². The molecule has 0 bridgehead atoms. The number of nitrogen functional groups attached to an aromatic ring is 1. The number of rotatable bonds is 9. The second-order valence-corrected chi connectivity index (χ2v) is 8.79. The number of anilines is 4. The predicted molar refractivity (Wildman–Crippen MR) is 146 cm³/mol. The molecule has 0 radical (unpaired) electrons. The minimum Gasteiger partial charge on any atom is -0.457 e. The number of pyridine rings is 1. The lowest BCUT2D eigenvalue weighted by molar-refractivity contribution is 0.144. The Kier molecular flexibility index (Phi) is 7.73. The monoisotopic (exact) mass is 497 g/mol. The fourth-order valence-corrected chi connectivity index (χ4v) is 4.23. The van der Waals surface area contributed by atoms with Gasteiger partial charge in [-0.25, -0.2) is 9.97 Å². The molecule has 2 aromatic heterocycles. The molecule has 1 aliphatic heterocycles. The van der Waals surface area contributed by atoms with Gasteiger partial charge >= 0.3 is 0 Å². The van der Waals surface area contributed by atoms with Gasteiger partial charge in [0.15, 0.2) is 0 Å². The summed E-state index contributed by atoms with van der Waals surface area (Å²) in [5.41, 5.74) is 8.57. The Hall–Kier alpha value is -4.21. The highest BCUT2D eigenvalue weighted by Gasteiger charge is 2.18. The first-order valence-corrected chi connectivity index (χ1v) is 12.3. The van der Waals surface area contributed by atoms with Crippen molar-refractivity contribution in [3.8, 4) is 22.8 Å². The number of ether oxygens (including phenoxy) is 2. The molecule has 0 atom stereocenters. The van der Waals surface area contributed by atoms with Gasteiger partial charge in [-0.1, -0.05) is 30.3 Å². The van der Waals surface area contributed by atoms with Crippen LogP contribution in [0.1, 0.15) is 0 Å². The number of nitrogens with one attached hydrogen (secondary N) is 1. The summed E-state index contributed by atoms with van der Waals surface area (Å²) in [6.45, 7) is 5.58. The van der Waals surface area contributed by atoms with Crippen molar-refractivity contribution in [3.05, 3.63) is 79.0 Å². The quantitative estimate of drug-likeness (QED) is 0.348. The number of aromatic nitrogens is 3. The molecule has 0 aliphatic carbocycles. The minimum atomic E-state index is 0.216. The van der Waals surface area contributed by atoms with Crippen LogP contribution in [0, 0.1) is 0 Å². The lowest BCUT2D eigenvalue weighted by Crippen LogP contribution is -2.47.